The van der Waals surface area contributed by atoms with Gasteiger partial charge in [0.25, 0.3) is 5.91 Å². The van der Waals surface area contributed by atoms with Gasteiger partial charge in [-0.05, 0) is 52.0 Å². The molecule has 0 fully saturated rings. The predicted octanol–water partition coefficient (Wildman–Crippen LogP) is 5.28. The van der Waals surface area contributed by atoms with Crippen LogP contribution in [0.4, 0.5) is 5.69 Å². The minimum absolute atomic E-state index is 0.140. The van der Waals surface area contributed by atoms with E-state index in [1.807, 2.05) is 101 Å². The number of nitrogens with zero attached hydrogens (tertiary/aromatic N) is 2. The molecular weight excluding hydrogens is 490 g/mol. The van der Waals surface area contributed by atoms with Gasteiger partial charge in [-0.3, -0.25) is 14.4 Å². The van der Waals surface area contributed by atoms with Gasteiger partial charge >= 0.3 is 5.97 Å². The molecule has 2 amide bonds. The SMILES string of the molecule is CC(C)C[C@@H](C(=O)NC1N=C(c2ccccc2)c2ccccc2N(C)C1=O)C1(C(=O)OC(C)(C)C)CC=CC1. The summed E-state index contributed by atoms with van der Waals surface area (Å²) in [7, 11) is 1.69. The van der Waals surface area contributed by atoms with Crippen LogP contribution in [0.25, 0.3) is 0 Å². The van der Waals surface area contributed by atoms with Crippen molar-refractivity contribution in [2.75, 3.05) is 11.9 Å². The molecule has 0 radical (unpaired) electrons. The lowest BCUT2D eigenvalue weighted by Gasteiger charge is -2.38. The molecular formula is C32H39N3O4. The average Bonchev–Trinajstić information content (AvgIpc) is 3.36. The Bertz CT molecular complexity index is 1280. The van der Waals surface area contributed by atoms with Crippen molar-refractivity contribution in [1.29, 1.82) is 0 Å². The number of allylic oxidation sites excluding steroid dienone is 2. The van der Waals surface area contributed by atoms with E-state index in [2.05, 4.69) is 5.32 Å². The summed E-state index contributed by atoms with van der Waals surface area (Å²) in [6.07, 6.45) is 4.03. The van der Waals surface area contributed by atoms with Crippen molar-refractivity contribution >= 4 is 29.2 Å². The van der Waals surface area contributed by atoms with E-state index in [9.17, 15) is 14.4 Å². The van der Waals surface area contributed by atoms with Gasteiger partial charge in [-0.15, -0.1) is 0 Å². The van der Waals surface area contributed by atoms with Crippen LogP contribution in [0.1, 0.15) is 65.0 Å². The van der Waals surface area contributed by atoms with Crippen molar-refractivity contribution in [3.8, 4) is 0 Å². The smallest absolute Gasteiger partial charge is 0.314 e. The van der Waals surface area contributed by atoms with E-state index in [0.29, 0.717) is 30.7 Å². The van der Waals surface area contributed by atoms with Gasteiger partial charge in [0, 0.05) is 18.2 Å². The van der Waals surface area contributed by atoms with E-state index >= 15 is 0 Å². The molecule has 7 heteroatoms. The number of anilines is 1. The van der Waals surface area contributed by atoms with Crippen LogP contribution in [0, 0.1) is 17.3 Å². The molecule has 0 saturated heterocycles. The fraction of sp³-hybridized carbons (Fsp3) is 0.438. The maximum Gasteiger partial charge on any atom is 0.314 e. The molecule has 1 N–H and O–H groups in total. The molecule has 1 aliphatic heterocycles. The van der Waals surface area contributed by atoms with Crippen LogP contribution in [-0.4, -0.2) is 42.3 Å². The van der Waals surface area contributed by atoms with Crippen molar-refractivity contribution < 1.29 is 19.1 Å². The second-order valence-corrected chi connectivity index (χ2v) is 11.9. The molecule has 39 heavy (non-hydrogen) atoms. The Morgan fingerprint density at radius 3 is 2.28 bits per heavy atom. The number of hydrogen-bond donors (Lipinski definition) is 1. The summed E-state index contributed by atoms with van der Waals surface area (Å²) in [6.45, 7) is 9.54. The van der Waals surface area contributed by atoms with Crippen LogP contribution in [0.5, 0.6) is 0 Å². The molecule has 2 aliphatic rings. The highest BCUT2D eigenvalue weighted by atomic mass is 16.6. The highest BCUT2D eigenvalue weighted by Crippen LogP contribution is 2.45. The zero-order valence-electron chi connectivity index (χ0n) is 23.7. The second kappa shape index (κ2) is 11.2. The molecule has 0 aromatic heterocycles. The molecule has 1 heterocycles. The standard InChI is InChI=1S/C32H39N3O4/c1-21(2)20-24(32(18-12-13-19-32)30(38)39-31(3,4)5)28(36)34-27-29(37)35(6)25-17-11-10-16-23(25)26(33-27)22-14-8-7-9-15-22/h7-17,21,24,27H,18-20H2,1-6H3,(H,34,36)/t24-,27?/m0/s1. The van der Waals surface area contributed by atoms with Gasteiger partial charge in [0.15, 0.2) is 0 Å². The first kappa shape index (κ1) is 28.3. The summed E-state index contributed by atoms with van der Waals surface area (Å²) in [4.78, 5) is 47.8. The summed E-state index contributed by atoms with van der Waals surface area (Å²) in [5, 5.41) is 2.95. The molecule has 2 aromatic carbocycles. The number of hydrogen-bond acceptors (Lipinski definition) is 5. The van der Waals surface area contributed by atoms with Crippen LogP contribution in [0.2, 0.25) is 0 Å². The molecule has 1 aliphatic carbocycles. The highest BCUT2D eigenvalue weighted by molar-refractivity contribution is 6.20. The zero-order chi connectivity index (χ0) is 28.4. The number of carbonyl (C=O) groups is 3. The first-order valence-electron chi connectivity index (χ1n) is 13.6. The summed E-state index contributed by atoms with van der Waals surface area (Å²) in [5.74, 6) is -1.65. The number of benzene rings is 2. The van der Waals surface area contributed by atoms with Gasteiger partial charge < -0.3 is 15.0 Å². The fourth-order valence-corrected chi connectivity index (χ4v) is 5.38. The lowest BCUT2D eigenvalue weighted by atomic mass is 9.69. The third-order valence-electron chi connectivity index (χ3n) is 7.30. The minimum atomic E-state index is -1.15. The van der Waals surface area contributed by atoms with Gasteiger partial charge in [0.05, 0.1) is 22.7 Å². The molecule has 0 spiro atoms. The lowest BCUT2D eigenvalue weighted by Crippen LogP contribution is -2.53. The summed E-state index contributed by atoms with van der Waals surface area (Å²) < 4.78 is 5.84. The Kier molecular flexibility index (Phi) is 8.09. The first-order chi connectivity index (χ1) is 18.4. The van der Waals surface area contributed by atoms with Crippen molar-refractivity contribution in [3.05, 3.63) is 77.9 Å². The fourth-order valence-electron chi connectivity index (χ4n) is 5.38. The van der Waals surface area contributed by atoms with E-state index in [-0.39, 0.29) is 23.7 Å². The van der Waals surface area contributed by atoms with Crippen molar-refractivity contribution in [2.45, 2.75) is 65.6 Å². The summed E-state index contributed by atoms with van der Waals surface area (Å²) in [5.41, 5.74) is 1.27. The number of ether oxygens (including phenoxy) is 1. The number of fused-ring (bicyclic) bond motifs is 1. The second-order valence-electron chi connectivity index (χ2n) is 11.9. The monoisotopic (exact) mass is 529 g/mol. The number of aliphatic imine (C=N–C) groups is 1. The van der Waals surface area contributed by atoms with Crippen LogP contribution in [-0.2, 0) is 19.1 Å². The largest absolute Gasteiger partial charge is 0.460 e. The van der Waals surface area contributed by atoms with Crippen molar-refractivity contribution in [1.82, 2.24) is 5.32 Å². The molecule has 206 valence electrons. The predicted molar refractivity (Wildman–Crippen MR) is 153 cm³/mol. The van der Waals surface area contributed by atoms with E-state index in [0.717, 1.165) is 11.1 Å². The maximum absolute atomic E-state index is 14.1. The van der Waals surface area contributed by atoms with Gasteiger partial charge in [-0.1, -0.05) is 74.5 Å². The van der Waals surface area contributed by atoms with Gasteiger partial charge in [0.2, 0.25) is 12.1 Å². The number of rotatable bonds is 7. The number of para-hydroxylation sites is 1. The van der Waals surface area contributed by atoms with Crippen molar-refractivity contribution in [3.63, 3.8) is 0 Å². The highest BCUT2D eigenvalue weighted by Gasteiger charge is 2.52. The Balaban J connectivity index is 1.74. The van der Waals surface area contributed by atoms with Crippen LogP contribution >= 0.6 is 0 Å². The normalized spacial score (nSPS) is 19.3. The number of benzodiazepines with no additional fused rings is 1. The molecule has 2 atom stereocenters. The number of nitrogens with one attached hydrogen (secondary N) is 1. The summed E-state index contributed by atoms with van der Waals surface area (Å²) >= 11 is 0. The number of esters is 1. The average molecular weight is 530 g/mol. The third kappa shape index (κ3) is 5.97. The van der Waals surface area contributed by atoms with E-state index < -0.39 is 23.1 Å². The third-order valence-corrected chi connectivity index (χ3v) is 7.30. The molecule has 0 saturated carbocycles. The molecule has 0 bridgehead atoms. The molecule has 7 nitrogen and oxygen atoms in total. The molecule has 1 unspecified atom stereocenters. The Morgan fingerprint density at radius 2 is 1.67 bits per heavy atom. The van der Waals surface area contributed by atoms with Crippen LogP contribution in [0.3, 0.4) is 0 Å². The van der Waals surface area contributed by atoms with Gasteiger partial charge in [0.1, 0.15) is 5.60 Å². The Labute approximate surface area is 231 Å². The van der Waals surface area contributed by atoms with E-state index in [1.54, 1.807) is 7.05 Å². The first-order valence-corrected chi connectivity index (χ1v) is 13.6. The quantitative estimate of drug-likeness (QED) is 0.390. The van der Waals surface area contributed by atoms with Gasteiger partial charge in [-0.2, -0.15) is 0 Å². The van der Waals surface area contributed by atoms with Crippen LogP contribution < -0.4 is 10.2 Å². The molecule has 4 rings (SSSR count). The van der Waals surface area contributed by atoms with Crippen LogP contribution in [0.15, 0.2) is 71.7 Å². The Morgan fingerprint density at radius 1 is 1.05 bits per heavy atom. The number of carbonyl (C=O) groups excluding carboxylic acids is 3. The Hall–Kier alpha value is -3.74. The minimum Gasteiger partial charge on any atom is -0.460 e. The zero-order valence-corrected chi connectivity index (χ0v) is 23.7. The van der Waals surface area contributed by atoms with E-state index in [1.165, 1.54) is 4.90 Å². The van der Waals surface area contributed by atoms with Gasteiger partial charge in [-0.25, -0.2) is 4.99 Å². The van der Waals surface area contributed by atoms with E-state index in [4.69, 9.17) is 9.73 Å². The number of amides is 2. The lowest BCUT2D eigenvalue weighted by molar-refractivity contribution is -0.173. The maximum atomic E-state index is 14.1. The number of likely N-dealkylation sites (N-methyl/N-ethyl adjacent to an activating group) is 1. The van der Waals surface area contributed by atoms with Crippen molar-refractivity contribution in [2.24, 2.45) is 22.2 Å². The summed E-state index contributed by atoms with van der Waals surface area (Å²) in [6, 6.07) is 17.2. The topological polar surface area (TPSA) is 88.1 Å². The molecule has 2 aromatic rings.